The third-order valence-electron chi connectivity index (χ3n) is 9.08. The normalized spacial score (nSPS) is 19.5. The standard InChI is InChI=1S/C40H46N2O7/c1-26(38(45)32-10-6-5-7-11-32)42(4)24-35-22-37(31-16-14-29(25-43)15-17-31)49-40(48-35)33-20-18-30(19-21-33)36-13-9-8-12-34(36)23-41-39(46)27(2)47-28(3)44/h5-21,26-27,35,37-38,40,43,45H,22-25H2,1-4H3,(H,41,46)/t26-,27+,35+,37-,38-,40-/m1/s1. The van der Waals surface area contributed by atoms with Crippen LogP contribution in [0.1, 0.15) is 73.5 Å². The third kappa shape index (κ3) is 9.41. The number of amides is 1. The fourth-order valence-corrected chi connectivity index (χ4v) is 6.09. The summed E-state index contributed by atoms with van der Waals surface area (Å²) in [5.74, 6) is -0.869. The van der Waals surface area contributed by atoms with Gasteiger partial charge >= 0.3 is 5.97 Å². The Morgan fingerprint density at radius 2 is 1.55 bits per heavy atom. The van der Waals surface area contributed by atoms with Crippen molar-refractivity contribution < 1.29 is 34.0 Å². The average Bonchev–Trinajstić information content (AvgIpc) is 3.13. The number of aliphatic hydroxyl groups excluding tert-OH is 2. The molecule has 1 saturated heterocycles. The SMILES string of the molecule is CC(=O)O[C@@H](C)C(=O)NCc1ccccc1-c1ccc([C@@H]2O[C@H](CN(C)[C@H](C)[C@@H](O)c3ccccc3)C[C@H](c3ccc(CO)cc3)O2)cc1. The molecule has 6 atom stereocenters. The Morgan fingerprint density at radius 1 is 0.898 bits per heavy atom. The largest absolute Gasteiger partial charge is 0.453 e. The van der Waals surface area contributed by atoms with Crippen molar-refractivity contribution in [2.75, 3.05) is 13.6 Å². The van der Waals surface area contributed by atoms with E-state index in [0.29, 0.717) is 13.0 Å². The second-order valence-electron chi connectivity index (χ2n) is 12.6. The van der Waals surface area contributed by atoms with Crippen molar-refractivity contribution in [3.63, 3.8) is 0 Å². The van der Waals surface area contributed by atoms with E-state index in [0.717, 1.165) is 38.9 Å². The Morgan fingerprint density at radius 3 is 2.22 bits per heavy atom. The summed E-state index contributed by atoms with van der Waals surface area (Å²) in [5, 5.41) is 23.5. The van der Waals surface area contributed by atoms with Gasteiger partial charge in [-0.1, -0.05) is 103 Å². The topological polar surface area (TPSA) is 118 Å². The molecule has 9 nitrogen and oxygen atoms in total. The highest BCUT2D eigenvalue weighted by Gasteiger charge is 2.34. The van der Waals surface area contributed by atoms with Gasteiger partial charge in [-0.2, -0.15) is 0 Å². The first-order valence-corrected chi connectivity index (χ1v) is 16.7. The van der Waals surface area contributed by atoms with Gasteiger partial charge in [0.05, 0.1) is 24.9 Å². The molecule has 4 aromatic rings. The van der Waals surface area contributed by atoms with Gasteiger partial charge in [-0.3, -0.25) is 14.5 Å². The number of ether oxygens (including phenoxy) is 3. The minimum absolute atomic E-state index is 0.0260. The smallest absolute Gasteiger partial charge is 0.303 e. The van der Waals surface area contributed by atoms with Crippen LogP contribution in [0.4, 0.5) is 0 Å². The van der Waals surface area contributed by atoms with E-state index in [4.69, 9.17) is 14.2 Å². The first-order chi connectivity index (χ1) is 23.6. The van der Waals surface area contributed by atoms with E-state index in [-0.39, 0.29) is 37.3 Å². The lowest BCUT2D eigenvalue weighted by Gasteiger charge is -2.39. The molecule has 0 unspecified atom stereocenters. The Hall–Kier alpha value is -4.38. The van der Waals surface area contributed by atoms with E-state index in [1.165, 1.54) is 6.92 Å². The van der Waals surface area contributed by atoms with Crippen molar-refractivity contribution in [2.45, 2.75) is 77.1 Å². The van der Waals surface area contributed by atoms with E-state index in [2.05, 4.69) is 10.2 Å². The molecule has 49 heavy (non-hydrogen) atoms. The molecule has 258 valence electrons. The summed E-state index contributed by atoms with van der Waals surface area (Å²) < 4.78 is 18.2. The monoisotopic (exact) mass is 666 g/mol. The van der Waals surface area contributed by atoms with Crippen molar-refractivity contribution >= 4 is 11.9 Å². The molecule has 0 aliphatic carbocycles. The molecule has 1 amide bonds. The van der Waals surface area contributed by atoms with Crippen molar-refractivity contribution in [1.82, 2.24) is 10.2 Å². The van der Waals surface area contributed by atoms with Crippen LogP contribution in [-0.2, 0) is 37.0 Å². The number of nitrogens with zero attached hydrogens (tertiary/aromatic N) is 1. The van der Waals surface area contributed by atoms with Crippen LogP contribution < -0.4 is 5.32 Å². The molecule has 0 aromatic heterocycles. The van der Waals surface area contributed by atoms with Crippen LogP contribution >= 0.6 is 0 Å². The summed E-state index contributed by atoms with van der Waals surface area (Å²) in [7, 11) is 2.00. The van der Waals surface area contributed by atoms with Crippen LogP contribution in [0.5, 0.6) is 0 Å². The van der Waals surface area contributed by atoms with Gasteiger partial charge in [0.15, 0.2) is 12.4 Å². The number of carbonyl (C=O) groups excluding carboxylic acids is 2. The molecule has 1 aliphatic rings. The predicted octanol–water partition coefficient (Wildman–Crippen LogP) is 6.01. The number of carbonyl (C=O) groups is 2. The number of benzene rings is 4. The maximum absolute atomic E-state index is 12.5. The highest BCUT2D eigenvalue weighted by molar-refractivity contribution is 5.83. The first-order valence-electron chi connectivity index (χ1n) is 16.7. The molecule has 3 N–H and O–H groups in total. The Balaban J connectivity index is 1.33. The summed E-state index contributed by atoms with van der Waals surface area (Å²) in [5.41, 5.74) is 6.43. The van der Waals surface area contributed by atoms with Gasteiger partial charge < -0.3 is 29.7 Å². The molecule has 0 radical (unpaired) electrons. The van der Waals surface area contributed by atoms with Gasteiger partial charge in [-0.05, 0) is 54.3 Å². The van der Waals surface area contributed by atoms with Crippen LogP contribution in [-0.4, -0.2) is 58.8 Å². The summed E-state index contributed by atoms with van der Waals surface area (Å²) in [4.78, 5) is 25.8. The van der Waals surface area contributed by atoms with E-state index in [1.54, 1.807) is 6.92 Å². The van der Waals surface area contributed by atoms with Gasteiger partial charge in [0.1, 0.15) is 0 Å². The van der Waals surface area contributed by atoms with Gasteiger partial charge in [-0.15, -0.1) is 0 Å². The van der Waals surface area contributed by atoms with Crippen molar-refractivity contribution in [3.05, 3.63) is 131 Å². The fraction of sp³-hybridized carbons (Fsp3) is 0.350. The molecule has 9 heteroatoms. The molecule has 4 aromatic carbocycles. The zero-order valence-electron chi connectivity index (χ0n) is 28.5. The lowest BCUT2D eigenvalue weighted by molar-refractivity contribution is -0.253. The zero-order chi connectivity index (χ0) is 34.9. The number of nitrogens with one attached hydrogen (secondary N) is 1. The van der Waals surface area contributed by atoms with Gasteiger partial charge in [0.2, 0.25) is 0 Å². The molecule has 1 fully saturated rings. The van der Waals surface area contributed by atoms with E-state index >= 15 is 0 Å². The number of hydrogen-bond acceptors (Lipinski definition) is 8. The maximum Gasteiger partial charge on any atom is 0.303 e. The number of aliphatic hydroxyl groups is 2. The molecular formula is C40H46N2O7. The van der Waals surface area contributed by atoms with Crippen LogP contribution in [0.25, 0.3) is 11.1 Å². The number of rotatable bonds is 13. The van der Waals surface area contributed by atoms with Crippen molar-refractivity contribution in [1.29, 1.82) is 0 Å². The van der Waals surface area contributed by atoms with Gasteiger partial charge in [0, 0.05) is 38.0 Å². The predicted molar refractivity (Wildman–Crippen MR) is 187 cm³/mol. The van der Waals surface area contributed by atoms with Crippen molar-refractivity contribution in [2.24, 2.45) is 0 Å². The van der Waals surface area contributed by atoms with Crippen LogP contribution in [0.15, 0.2) is 103 Å². The van der Waals surface area contributed by atoms with Gasteiger partial charge in [-0.25, -0.2) is 0 Å². The minimum Gasteiger partial charge on any atom is -0.453 e. The summed E-state index contributed by atoms with van der Waals surface area (Å²) in [6.45, 7) is 5.68. The summed E-state index contributed by atoms with van der Waals surface area (Å²) in [6, 6.07) is 33.2. The lowest BCUT2D eigenvalue weighted by atomic mass is 9.97. The molecule has 0 saturated carbocycles. The highest BCUT2D eigenvalue weighted by atomic mass is 16.7. The van der Waals surface area contributed by atoms with Gasteiger partial charge in [0.25, 0.3) is 5.91 Å². The van der Waals surface area contributed by atoms with E-state index in [1.807, 2.05) is 117 Å². The van der Waals surface area contributed by atoms with Crippen LogP contribution in [0.3, 0.4) is 0 Å². The van der Waals surface area contributed by atoms with Crippen LogP contribution in [0, 0.1) is 0 Å². The molecular weight excluding hydrogens is 620 g/mol. The average molecular weight is 667 g/mol. The zero-order valence-corrected chi connectivity index (χ0v) is 28.5. The number of hydrogen-bond donors (Lipinski definition) is 3. The molecule has 1 aliphatic heterocycles. The van der Waals surface area contributed by atoms with E-state index in [9.17, 15) is 19.8 Å². The first kappa shape index (κ1) is 35.9. The summed E-state index contributed by atoms with van der Waals surface area (Å²) >= 11 is 0. The fourth-order valence-electron chi connectivity index (χ4n) is 6.09. The molecule has 1 heterocycles. The highest BCUT2D eigenvalue weighted by Crippen LogP contribution is 2.39. The van der Waals surface area contributed by atoms with E-state index < -0.39 is 24.5 Å². The maximum atomic E-state index is 12.5. The number of likely N-dealkylation sites (N-methyl/N-ethyl adjacent to an activating group) is 1. The summed E-state index contributed by atoms with van der Waals surface area (Å²) in [6.07, 6.45) is -1.95. The second kappa shape index (κ2) is 16.8. The number of esters is 1. The molecule has 0 spiro atoms. The molecule has 0 bridgehead atoms. The Bertz CT molecular complexity index is 1660. The lowest BCUT2D eigenvalue weighted by Crippen LogP contribution is -2.43. The van der Waals surface area contributed by atoms with Crippen molar-refractivity contribution in [3.8, 4) is 11.1 Å². The Labute approximate surface area is 288 Å². The molecule has 5 rings (SSSR count). The second-order valence-corrected chi connectivity index (χ2v) is 12.6. The van der Waals surface area contributed by atoms with Crippen LogP contribution in [0.2, 0.25) is 0 Å². The third-order valence-corrected chi connectivity index (χ3v) is 9.08. The minimum atomic E-state index is -0.878. The Kier molecular flexibility index (Phi) is 12.3. The quantitative estimate of drug-likeness (QED) is 0.149.